The van der Waals surface area contributed by atoms with E-state index in [-0.39, 0.29) is 5.82 Å². The number of benzene rings is 1. The number of methoxy groups -OCH3 is 1. The molecule has 100 valence electrons. The zero-order chi connectivity index (χ0) is 13.1. The van der Waals surface area contributed by atoms with Gasteiger partial charge in [0.05, 0.1) is 7.11 Å². The minimum atomic E-state index is -0.207. The van der Waals surface area contributed by atoms with Crippen LogP contribution in [0.4, 0.5) is 4.39 Å². The van der Waals surface area contributed by atoms with Crippen molar-refractivity contribution in [3.05, 3.63) is 29.6 Å². The molecule has 0 spiro atoms. The fraction of sp³-hybridized carbons (Fsp3) is 0.571. The van der Waals surface area contributed by atoms with E-state index in [4.69, 9.17) is 4.74 Å². The molecule has 1 heterocycles. The Morgan fingerprint density at radius 2 is 2.22 bits per heavy atom. The van der Waals surface area contributed by atoms with Gasteiger partial charge in [-0.25, -0.2) is 4.39 Å². The highest BCUT2D eigenvalue weighted by molar-refractivity contribution is 5.34. The van der Waals surface area contributed by atoms with E-state index in [0.717, 1.165) is 30.9 Å². The molecule has 0 saturated carbocycles. The summed E-state index contributed by atoms with van der Waals surface area (Å²) in [5.74, 6) is 0.552. The Bertz CT molecular complexity index is 411. The molecule has 0 aromatic heterocycles. The molecule has 0 aliphatic carbocycles. The molecule has 1 aromatic carbocycles. The van der Waals surface area contributed by atoms with E-state index < -0.39 is 0 Å². The van der Waals surface area contributed by atoms with Gasteiger partial charge in [0, 0.05) is 37.3 Å². The first kappa shape index (κ1) is 13.3. The topological polar surface area (TPSA) is 24.5 Å². The lowest BCUT2D eigenvalue weighted by Gasteiger charge is -2.38. The van der Waals surface area contributed by atoms with Gasteiger partial charge in [0.15, 0.2) is 0 Å². The number of piperazine rings is 1. The van der Waals surface area contributed by atoms with E-state index in [1.807, 2.05) is 0 Å². The molecule has 0 amide bonds. The lowest BCUT2D eigenvalue weighted by molar-refractivity contribution is 0.129. The molecule has 1 aliphatic heterocycles. The van der Waals surface area contributed by atoms with Gasteiger partial charge in [0.2, 0.25) is 0 Å². The molecule has 3 nitrogen and oxygen atoms in total. The fourth-order valence-electron chi connectivity index (χ4n) is 2.44. The first-order valence-corrected chi connectivity index (χ1v) is 6.41. The number of halogens is 1. The lowest BCUT2D eigenvalue weighted by atomic mass is 10.1. The van der Waals surface area contributed by atoms with Crippen LogP contribution in [-0.2, 0) is 6.54 Å². The van der Waals surface area contributed by atoms with Gasteiger partial charge in [-0.1, -0.05) is 0 Å². The maximum atomic E-state index is 13.3. The largest absolute Gasteiger partial charge is 0.496 e. The predicted octanol–water partition coefficient (Wildman–Crippen LogP) is 2.02. The van der Waals surface area contributed by atoms with Crippen LogP contribution in [-0.4, -0.2) is 37.2 Å². The maximum absolute atomic E-state index is 13.3. The Balaban J connectivity index is 2.15. The Morgan fingerprint density at radius 3 is 2.94 bits per heavy atom. The first-order valence-electron chi connectivity index (χ1n) is 6.41. The summed E-state index contributed by atoms with van der Waals surface area (Å²) in [5, 5.41) is 3.44. The van der Waals surface area contributed by atoms with Gasteiger partial charge in [-0.3, -0.25) is 4.90 Å². The summed E-state index contributed by atoms with van der Waals surface area (Å²) in [5.41, 5.74) is 0.915. The molecule has 2 rings (SSSR count). The molecule has 1 aliphatic rings. The van der Waals surface area contributed by atoms with Crippen molar-refractivity contribution in [2.45, 2.75) is 32.5 Å². The maximum Gasteiger partial charge on any atom is 0.123 e. The molecule has 1 N–H and O–H groups in total. The third-order valence-corrected chi connectivity index (χ3v) is 3.78. The van der Waals surface area contributed by atoms with Crippen LogP contribution in [0.25, 0.3) is 0 Å². The van der Waals surface area contributed by atoms with Crippen LogP contribution in [0.5, 0.6) is 5.75 Å². The molecule has 1 fully saturated rings. The van der Waals surface area contributed by atoms with Crippen molar-refractivity contribution in [1.82, 2.24) is 10.2 Å². The average Bonchev–Trinajstić information content (AvgIpc) is 2.35. The van der Waals surface area contributed by atoms with Crippen molar-refractivity contribution in [2.75, 3.05) is 20.2 Å². The highest BCUT2D eigenvalue weighted by Crippen LogP contribution is 2.23. The third-order valence-electron chi connectivity index (χ3n) is 3.78. The molecule has 18 heavy (non-hydrogen) atoms. The average molecular weight is 252 g/mol. The SMILES string of the molecule is COc1ccc(F)cc1CN1CCNC(C)C1C. The molecule has 0 radical (unpaired) electrons. The van der Waals surface area contributed by atoms with Crippen molar-refractivity contribution in [3.8, 4) is 5.75 Å². The molecule has 2 atom stereocenters. The second kappa shape index (κ2) is 5.67. The second-order valence-corrected chi connectivity index (χ2v) is 4.91. The molecular formula is C14H21FN2O. The van der Waals surface area contributed by atoms with E-state index in [0.29, 0.717) is 12.1 Å². The van der Waals surface area contributed by atoms with Crippen molar-refractivity contribution < 1.29 is 9.13 Å². The Morgan fingerprint density at radius 1 is 1.44 bits per heavy atom. The van der Waals surface area contributed by atoms with Crippen LogP contribution < -0.4 is 10.1 Å². The molecule has 1 aromatic rings. The van der Waals surface area contributed by atoms with Crippen LogP contribution in [0.2, 0.25) is 0 Å². The van der Waals surface area contributed by atoms with Crippen molar-refractivity contribution in [2.24, 2.45) is 0 Å². The molecular weight excluding hydrogens is 231 g/mol. The Hall–Kier alpha value is -1.13. The summed E-state index contributed by atoms with van der Waals surface area (Å²) in [4.78, 5) is 2.36. The van der Waals surface area contributed by atoms with E-state index in [2.05, 4.69) is 24.1 Å². The monoisotopic (exact) mass is 252 g/mol. The molecule has 4 heteroatoms. The van der Waals surface area contributed by atoms with Crippen LogP contribution in [0.15, 0.2) is 18.2 Å². The first-order chi connectivity index (χ1) is 8.61. The van der Waals surface area contributed by atoms with Gasteiger partial charge >= 0.3 is 0 Å². The standard InChI is InChI=1S/C14H21FN2O/c1-10-11(2)17(7-6-16-10)9-12-8-13(15)4-5-14(12)18-3/h4-5,8,10-11,16H,6-7,9H2,1-3H3. The van der Waals surface area contributed by atoms with Gasteiger partial charge in [-0.15, -0.1) is 0 Å². The summed E-state index contributed by atoms with van der Waals surface area (Å²) < 4.78 is 18.6. The zero-order valence-electron chi connectivity index (χ0n) is 11.2. The second-order valence-electron chi connectivity index (χ2n) is 4.91. The normalized spacial score (nSPS) is 25.1. The number of hydrogen-bond acceptors (Lipinski definition) is 3. The van der Waals surface area contributed by atoms with E-state index >= 15 is 0 Å². The quantitative estimate of drug-likeness (QED) is 0.890. The van der Waals surface area contributed by atoms with Crippen LogP contribution in [0.3, 0.4) is 0 Å². The van der Waals surface area contributed by atoms with E-state index in [1.54, 1.807) is 19.2 Å². The highest BCUT2D eigenvalue weighted by Gasteiger charge is 2.24. The Labute approximate surface area is 108 Å². The smallest absolute Gasteiger partial charge is 0.123 e. The summed E-state index contributed by atoms with van der Waals surface area (Å²) in [6.07, 6.45) is 0. The highest BCUT2D eigenvalue weighted by atomic mass is 19.1. The van der Waals surface area contributed by atoms with Gasteiger partial charge in [-0.05, 0) is 32.0 Å². The van der Waals surface area contributed by atoms with Gasteiger partial charge < -0.3 is 10.1 Å². The molecule has 1 saturated heterocycles. The third kappa shape index (κ3) is 2.82. The number of nitrogens with one attached hydrogen (secondary N) is 1. The van der Waals surface area contributed by atoms with E-state index in [1.165, 1.54) is 6.07 Å². The van der Waals surface area contributed by atoms with Crippen LogP contribution >= 0.6 is 0 Å². The number of ether oxygens (including phenoxy) is 1. The zero-order valence-corrected chi connectivity index (χ0v) is 11.2. The lowest BCUT2D eigenvalue weighted by Crippen LogP contribution is -2.54. The summed E-state index contributed by atoms with van der Waals surface area (Å²) in [6, 6.07) is 5.59. The van der Waals surface area contributed by atoms with Gasteiger partial charge in [-0.2, -0.15) is 0 Å². The summed E-state index contributed by atoms with van der Waals surface area (Å²) in [6.45, 7) is 7.06. The van der Waals surface area contributed by atoms with Crippen molar-refractivity contribution in [3.63, 3.8) is 0 Å². The van der Waals surface area contributed by atoms with E-state index in [9.17, 15) is 4.39 Å². The Kier molecular flexibility index (Phi) is 4.19. The predicted molar refractivity (Wildman–Crippen MR) is 70.3 cm³/mol. The van der Waals surface area contributed by atoms with Crippen LogP contribution in [0.1, 0.15) is 19.4 Å². The summed E-state index contributed by atoms with van der Waals surface area (Å²) in [7, 11) is 1.63. The van der Waals surface area contributed by atoms with Crippen molar-refractivity contribution in [1.29, 1.82) is 0 Å². The fourth-order valence-corrected chi connectivity index (χ4v) is 2.44. The summed E-state index contributed by atoms with van der Waals surface area (Å²) >= 11 is 0. The number of nitrogens with zero attached hydrogens (tertiary/aromatic N) is 1. The van der Waals surface area contributed by atoms with Crippen LogP contribution in [0, 0.1) is 5.82 Å². The molecule has 0 bridgehead atoms. The van der Waals surface area contributed by atoms with Gasteiger partial charge in [0.25, 0.3) is 0 Å². The minimum absolute atomic E-state index is 0.207. The number of hydrogen-bond donors (Lipinski definition) is 1. The number of rotatable bonds is 3. The van der Waals surface area contributed by atoms with Gasteiger partial charge in [0.1, 0.15) is 11.6 Å². The van der Waals surface area contributed by atoms with Crippen molar-refractivity contribution >= 4 is 0 Å². The minimum Gasteiger partial charge on any atom is -0.496 e. The molecule has 2 unspecified atom stereocenters.